The van der Waals surface area contributed by atoms with Crippen LogP contribution in [0.4, 0.5) is 34.1 Å². The number of hydrogen-bond acceptors (Lipinski definition) is 15. The van der Waals surface area contributed by atoms with E-state index >= 15 is 0 Å². The maximum Gasteiger partial charge on any atom is 0.298 e. The number of anilines is 6. The van der Waals surface area contributed by atoms with Gasteiger partial charge in [0.15, 0.2) is 5.78 Å². The standard InChI is InChI=1S/C34H20N2O6.C34H20N2O5.C33H20N2O4/c37-20-42-28-7-3-6-27-33(28)25-4-1-2-5-26(25)34(27,21-8-12-23(13-9-21)35-29(38)16-17-30(35)39)22-10-14-24(15-11-22)36-31(40)18-19-32(36)41;37-29-17-18-30(38)35(29)23-13-9-21(10-14-23)34(22-11-15-24(16-12-22)36-31(39)19-20-32(36)40)27-7-3-1-5-25(27)33(41)26-6-2-4-8-28(26)34;36-29-17-18-30(37)34(29)23-13-9-21(10-14-23)33(22-11-15-24(16-12-22)35-31(38)19-20-32(35)39)27-7-3-1-5-25(27)26-6-2-4-8-28(26)33/h1-20H;1-20H;1-20H. The van der Waals surface area contributed by atoms with Gasteiger partial charge in [-0.05, 0) is 162 Å². The lowest BCUT2D eigenvalue weighted by Crippen LogP contribution is -2.38. The van der Waals surface area contributed by atoms with Crippen LogP contribution in [0.25, 0.3) is 22.3 Å². The van der Waals surface area contributed by atoms with Crippen molar-refractivity contribution in [3.8, 4) is 28.0 Å². The molecule has 0 N–H and O–H groups in total. The van der Waals surface area contributed by atoms with Crippen LogP contribution in [-0.4, -0.2) is 83.1 Å². The van der Waals surface area contributed by atoms with Crippen LogP contribution < -0.4 is 34.1 Å². The molecule has 0 bridgehead atoms. The first-order chi connectivity index (χ1) is 59.3. The second-order valence-corrected chi connectivity index (χ2v) is 29.6. The molecular weight excluding hydrogens is 1540 g/mol. The van der Waals surface area contributed by atoms with E-state index in [1.165, 1.54) is 72.9 Å². The third-order valence-electron chi connectivity index (χ3n) is 23.5. The Bertz CT molecular complexity index is 6410. The van der Waals surface area contributed by atoms with Gasteiger partial charge in [0.2, 0.25) is 0 Å². The van der Waals surface area contributed by atoms with Gasteiger partial charge in [-0.1, -0.05) is 206 Å². The van der Waals surface area contributed by atoms with E-state index < -0.39 is 63.5 Å². The Morgan fingerprint density at radius 3 is 0.623 bits per heavy atom. The molecule has 12 aromatic carbocycles. The number of amides is 12. The molecule has 21 heteroatoms. The quantitative estimate of drug-likeness (QED) is 0.0723. The summed E-state index contributed by atoms with van der Waals surface area (Å²) in [6, 6.07) is 88.6. The third kappa shape index (κ3) is 11.5. The van der Waals surface area contributed by atoms with Crippen molar-refractivity contribution in [3.63, 3.8) is 0 Å². The highest BCUT2D eigenvalue weighted by atomic mass is 16.5. The van der Waals surface area contributed by atoms with Crippen molar-refractivity contribution >= 4 is 117 Å². The number of benzene rings is 12. The fourth-order valence-corrected chi connectivity index (χ4v) is 18.4. The molecule has 0 aromatic heterocycles. The fraction of sp³-hybridized carbons (Fsp3) is 0.0297. The summed E-state index contributed by atoms with van der Waals surface area (Å²) in [5, 5.41) is 0. The van der Waals surface area contributed by atoms with Crippen molar-refractivity contribution < 1.29 is 71.9 Å². The molecule has 0 fully saturated rings. The van der Waals surface area contributed by atoms with Crippen LogP contribution >= 0.6 is 0 Å². The van der Waals surface area contributed by atoms with E-state index in [-0.39, 0.29) is 29.4 Å². The summed E-state index contributed by atoms with van der Waals surface area (Å²) in [5.41, 5.74) is 15.8. The minimum absolute atomic E-state index is 0.0845. The summed E-state index contributed by atoms with van der Waals surface area (Å²) in [4.78, 5) is 180. The zero-order valence-electron chi connectivity index (χ0n) is 63.9. The number of hydrogen-bond donors (Lipinski definition) is 0. The number of ketones is 1. The van der Waals surface area contributed by atoms with Crippen molar-refractivity contribution in [2.24, 2.45) is 0 Å². The number of ether oxygens (including phenoxy) is 1. The Kier molecular flexibility index (Phi) is 18.1. The summed E-state index contributed by atoms with van der Waals surface area (Å²) >= 11 is 0. The second-order valence-electron chi connectivity index (χ2n) is 29.6. The molecule has 584 valence electrons. The van der Waals surface area contributed by atoms with Gasteiger partial charge in [-0.25, -0.2) is 29.4 Å². The summed E-state index contributed by atoms with van der Waals surface area (Å²) in [5.74, 6) is -4.43. The van der Waals surface area contributed by atoms with Gasteiger partial charge in [-0.3, -0.25) is 67.1 Å². The molecule has 6 aliphatic heterocycles. The zero-order valence-corrected chi connectivity index (χ0v) is 63.9. The molecule has 0 atom stereocenters. The van der Waals surface area contributed by atoms with E-state index in [1.54, 1.807) is 78.9 Å². The average molecular weight is 1600 g/mol. The van der Waals surface area contributed by atoms with Crippen LogP contribution in [0.5, 0.6) is 5.75 Å². The Balaban J connectivity index is 0.000000121. The van der Waals surface area contributed by atoms with Gasteiger partial charge in [0.05, 0.1) is 50.4 Å². The zero-order chi connectivity index (χ0) is 84.0. The molecule has 0 radical (unpaired) electrons. The number of fused-ring (bicyclic) bond motifs is 8. The maximum atomic E-state index is 13.7. The summed E-state index contributed by atoms with van der Waals surface area (Å²) in [7, 11) is 0. The fourth-order valence-electron chi connectivity index (χ4n) is 18.4. The maximum absolute atomic E-state index is 13.7. The molecule has 0 unspecified atom stereocenters. The monoisotopic (exact) mass is 1600 g/mol. The highest BCUT2D eigenvalue weighted by Crippen LogP contribution is 2.60. The molecule has 0 saturated heterocycles. The summed E-state index contributed by atoms with van der Waals surface area (Å²) < 4.78 is 5.43. The van der Waals surface area contributed by atoms with Gasteiger partial charge >= 0.3 is 0 Å². The molecule has 21 rings (SSSR count). The van der Waals surface area contributed by atoms with Crippen LogP contribution in [-0.2, 0) is 78.6 Å². The van der Waals surface area contributed by atoms with Crippen LogP contribution in [0, 0.1) is 0 Å². The Morgan fingerprint density at radius 2 is 0.385 bits per heavy atom. The van der Waals surface area contributed by atoms with Gasteiger partial charge in [0.25, 0.3) is 77.4 Å². The second kappa shape index (κ2) is 29.3. The van der Waals surface area contributed by atoms with Gasteiger partial charge in [-0.15, -0.1) is 0 Å². The molecule has 9 aliphatic rings. The van der Waals surface area contributed by atoms with E-state index in [0.717, 1.165) is 118 Å². The van der Waals surface area contributed by atoms with E-state index in [1.807, 2.05) is 182 Å². The number of rotatable bonds is 14. The topological polar surface area (TPSA) is 268 Å². The summed E-state index contributed by atoms with van der Waals surface area (Å²) in [6.07, 6.45) is 15.0. The lowest BCUT2D eigenvalue weighted by Gasteiger charge is -2.41. The smallest absolute Gasteiger partial charge is 0.298 e. The highest BCUT2D eigenvalue weighted by molar-refractivity contribution is 6.32. The highest BCUT2D eigenvalue weighted by Gasteiger charge is 2.51. The number of carbonyl (C=O) groups excluding carboxylic acids is 14. The number of nitrogens with zero attached hydrogens (tertiary/aromatic N) is 6. The van der Waals surface area contributed by atoms with Gasteiger partial charge in [0.1, 0.15) is 5.75 Å². The Hall–Kier alpha value is -16.9. The lowest BCUT2D eigenvalue weighted by atomic mass is 9.59. The molecule has 3 aliphatic carbocycles. The molecule has 6 heterocycles. The van der Waals surface area contributed by atoms with Crippen molar-refractivity contribution in [2.45, 2.75) is 16.2 Å². The molecule has 12 amide bonds. The Morgan fingerprint density at radius 1 is 0.197 bits per heavy atom. The number of imide groups is 6. The van der Waals surface area contributed by atoms with Crippen molar-refractivity contribution in [3.05, 3.63) is 436 Å². The van der Waals surface area contributed by atoms with Crippen molar-refractivity contribution in [1.82, 2.24) is 0 Å². The van der Waals surface area contributed by atoms with Crippen LogP contribution in [0.1, 0.15) is 82.7 Å². The first-order valence-corrected chi connectivity index (χ1v) is 38.6. The number of carbonyl (C=O) groups is 14. The molecule has 21 nitrogen and oxygen atoms in total. The van der Waals surface area contributed by atoms with Crippen LogP contribution in [0.2, 0.25) is 0 Å². The van der Waals surface area contributed by atoms with Crippen LogP contribution in [0.3, 0.4) is 0 Å². The molecule has 0 spiro atoms. The van der Waals surface area contributed by atoms with Gasteiger partial charge in [-0.2, -0.15) is 0 Å². The van der Waals surface area contributed by atoms with E-state index in [2.05, 4.69) is 24.3 Å². The predicted molar refractivity (Wildman–Crippen MR) is 452 cm³/mol. The van der Waals surface area contributed by atoms with E-state index in [4.69, 9.17) is 4.74 Å². The van der Waals surface area contributed by atoms with E-state index in [9.17, 15) is 67.1 Å². The third-order valence-corrected chi connectivity index (χ3v) is 23.5. The summed E-state index contributed by atoms with van der Waals surface area (Å²) in [6.45, 7) is 0.401. The van der Waals surface area contributed by atoms with Gasteiger partial charge in [0, 0.05) is 89.6 Å². The van der Waals surface area contributed by atoms with Crippen LogP contribution in [0.15, 0.2) is 358 Å². The lowest BCUT2D eigenvalue weighted by molar-refractivity contribution is -0.121. The SMILES string of the molecule is O=C1C=CC(=O)N1c1ccc(C2(c3ccc(N4C(=O)C=CC4=O)cc3)c3ccccc3-c3ccccc32)cc1.O=C1c2ccccc2C(c2ccc(N3C(=O)C=CC3=O)cc2)(c2ccc(N3C(=O)C=CC3=O)cc2)c2ccccc21.O=COc1cccc2c1-c1ccccc1C2(c1ccc(N2C(=O)C=CC2=O)cc1)c1ccc(N2C(=O)C=CC2=O)cc1. The van der Waals surface area contributed by atoms with E-state index in [0.29, 0.717) is 57.5 Å². The first-order valence-electron chi connectivity index (χ1n) is 38.6. The molecule has 12 aromatic rings. The molecule has 0 saturated carbocycles. The molecular formula is C101H60N6O15. The first kappa shape index (κ1) is 75.1. The average Bonchev–Trinajstić information content (AvgIpc) is 1.51. The minimum Gasteiger partial charge on any atom is -0.428 e. The van der Waals surface area contributed by atoms with Crippen molar-refractivity contribution in [1.29, 1.82) is 0 Å². The largest absolute Gasteiger partial charge is 0.428 e. The normalized spacial score (nSPS) is 16.7. The van der Waals surface area contributed by atoms with Gasteiger partial charge < -0.3 is 4.74 Å². The predicted octanol–water partition coefficient (Wildman–Crippen LogP) is 13.8. The Labute approximate surface area is 694 Å². The van der Waals surface area contributed by atoms with Crippen molar-refractivity contribution in [2.75, 3.05) is 29.4 Å². The minimum atomic E-state index is -0.966. The molecule has 122 heavy (non-hydrogen) atoms.